The number of aromatic nitrogens is 2. The van der Waals surface area contributed by atoms with Crippen LogP contribution in [0.1, 0.15) is 36.0 Å². The van der Waals surface area contributed by atoms with Gasteiger partial charge in [0, 0.05) is 12.7 Å². The van der Waals surface area contributed by atoms with Gasteiger partial charge < -0.3 is 5.11 Å². The summed E-state index contributed by atoms with van der Waals surface area (Å²) in [5, 5.41) is 12.9. The Hall–Kier alpha value is -1.32. The number of rotatable bonds is 3. The van der Waals surface area contributed by atoms with Crippen molar-refractivity contribution in [2.24, 2.45) is 17.8 Å². The SMILES string of the molecule is O=C(O)c1cnn(CC2CC3CCC2C3)c1. The fourth-order valence-electron chi connectivity index (χ4n) is 3.41. The van der Waals surface area contributed by atoms with Crippen LogP contribution in [0.2, 0.25) is 0 Å². The first kappa shape index (κ1) is 9.87. The zero-order valence-corrected chi connectivity index (χ0v) is 9.17. The van der Waals surface area contributed by atoms with Gasteiger partial charge in [-0.2, -0.15) is 5.10 Å². The molecule has 1 heterocycles. The van der Waals surface area contributed by atoms with Crippen LogP contribution in [0.4, 0.5) is 0 Å². The number of hydrogen-bond donors (Lipinski definition) is 1. The summed E-state index contributed by atoms with van der Waals surface area (Å²) >= 11 is 0. The van der Waals surface area contributed by atoms with E-state index in [0.717, 1.165) is 24.3 Å². The molecule has 86 valence electrons. The van der Waals surface area contributed by atoms with Crippen LogP contribution >= 0.6 is 0 Å². The third-order valence-corrected chi connectivity index (χ3v) is 4.19. The van der Waals surface area contributed by atoms with Crippen LogP contribution in [0, 0.1) is 17.8 Å². The molecular weight excluding hydrogens is 204 g/mol. The summed E-state index contributed by atoms with van der Waals surface area (Å²) in [6.45, 7) is 0.897. The predicted molar refractivity (Wildman–Crippen MR) is 58.1 cm³/mol. The maximum atomic E-state index is 10.7. The van der Waals surface area contributed by atoms with Crippen LogP contribution < -0.4 is 0 Å². The van der Waals surface area contributed by atoms with Crippen molar-refractivity contribution in [2.45, 2.75) is 32.2 Å². The largest absolute Gasteiger partial charge is 0.478 e. The van der Waals surface area contributed by atoms with Gasteiger partial charge in [0.25, 0.3) is 0 Å². The van der Waals surface area contributed by atoms with Crippen molar-refractivity contribution in [3.8, 4) is 0 Å². The quantitative estimate of drug-likeness (QED) is 0.847. The molecule has 2 aliphatic carbocycles. The summed E-state index contributed by atoms with van der Waals surface area (Å²) in [7, 11) is 0. The van der Waals surface area contributed by atoms with Crippen LogP contribution in [0.25, 0.3) is 0 Å². The molecule has 2 bridgehead atoms. The Morgan fingerprint density at radius 2 is 2.38 bits per heavy atom. The van der Waals surface area contributed by atoms with Crippen LogP contribution in [0.15, 0.2) is 12.4 Å². The number of aromatic carboxylic acids is 1. The average Bonchev–Trinajstić information content (AvgIpc) is 2.91. The Bertz CT molecular complexity index is 413. The molecule has 3 rings (SSSR count). The molecule has 2 aliphatic rings. The molecule has 0 aromatic carbocycles. The highest BCUT2D eigenvalue weighted by Crippen LogP contribution is 2.48. The summed E-state index contributed by atoms with van der Waals surface area (Å²) in [6.07, 6.45) is 8.55. The van der Waals surface area contributed by atoms with Gasteiger partial charge in [-0.3, -0.25) is 4.68 Å². The smallest absolute Gasteiger partial charge is 0.338 e. The third kappa shape index (κ3) is 1.62. The van der Waals surface area contributed by atoms with Crippen molar-refractivity contribution in [3.05, 3.63) is 18.0 Å². The average molecular weight is 220 g/mol. The lowest BCUT2D eigenvalue weighted by Crippen LogP contribution is -2.17. The van der Waals surface area contributed by atoms with E-state index in [0.29, 0.717) is 5.56 Å². The second kappa shape index (κ2) is 3.61. The van der Waals surface area contributed by atoms with Gasteiger partial charge in [0.2, 0.25) is 0 Å². The van der Waals surface area contributed by atoms with E-state index in [1.807, 2.05) is 0 Å². The minimum Gasteiger partial charge on any atom is -0.478 e. The molecule has 0 aliphatic heterocycles. The Labute approximate surface area is 94.3 Å². The third-order valence-electron chi connectivity index (χ3n) is 4.19. The van der Waals surface area contributed by atoms with Gasteiger partial charge >= 0.3 is 5.97 Å². The number of carboxylic acids is 1. The van der Waals surface area contributed by atoms with Crippen LogP contribution in [-0.4, -0.2) is 20.9 Å². The van der Waals surface area contributed by atoms with Gasteiger partial charge in [-0.15, -0.1) is 0 Å². The molecule has 0 saturated heterocycles. The Morgan fingerprint density at radius 1 is 1.50 bits per heavy atom. The second-order valence-electron chi connectivity index (χ2n) is 5.19. The predicted octanol–water partition coefficient (Wildman–Crippen LogP) is 2.02. The van der Waals surface area contributed by atoms with Crippen molar-refractivity contribution < 1.29 is 9.90 Å². The van der Waals surface area contributed by atoms with Crippen molar-refractivity contribution in [2.75, 3.05) is 0 Å². The van der Waals surface area contributed by atoms with Gasteiger partial charge in [-0.1, -0.05) is 6.42 Å². The summed E-state index contributed by atoms with van der Waals surface area (Å²) < 4.78 is 1.80. The van der Waals surface area contributed by atoms with Gasteiger partial charge in [0.1, 0.15) is 0 Å². The lowest BCUT2D eigenvalue weighted by Gasteiger charge is -2.21. The van der Waals surface area contributed by atoms with E-state index in [2.05, 4.69) is 5.10 Å². The van der Waals surface area contributed by atoms with E-state index < -0.39 is 5.97 Å². The molecule has 2 fully saturated rings. The van der Waals surface area contributed by atoms with Gasteiger partial charge in [-0.25, -0.2) is 4.79 Å². The molecule has 1 aromatic heterocycles. The minimum absolute atomic E-state index is 0.295. The Balaban J connectivity index is 1.68. The Morgan fingerprint density at radius 3 is 2.94 bits per heavy atom. The summed E-state index contributed by atoms with van der Waals surface area (Å²) in [4.78, 5) is 10.7. The highest BCUT2D eigenvalue weighted by atomic mass is 16.4. The number of carbonyl (C=O) groups is 1. The fraction of sp³-hybridized carbons (Fsp3) is 0.667. The maximum Gasteiger partial charge on any atom is 0.338 e. The van der Waals surface area contributed by atoms with E-state index in [1.165, 1.54) is 31.9 Å². The van der Waals surface area contributed by atoms with E-state index in [9.17, 15) is 4.79 Å². The summed E-state index contributed by atoms with van der Waals surface area (Å²) in [5.41, 5.74) is 0.295. The van der Waals surface area contributed by atoms with Gasteiger partial charge in [0.15, 0.2) is 0 Å². The molecule has 1 aromatic rings. The molecule has 0 radical (unpaired) electrons. The Kier molecular flexibility index (Phi) is 2.23. The van der Waals surface area contributed by atoms with E-state index in [-0.39, 0.29) is 0 Å². The molecule has 16 heavy (non-hydrogen) atoms. The molecule has 1 N–H and O–H groups in total. The molecule has 0 spiro atoms. The monoisotopic (exact) mass is 220 g/mol. The molecule has 4 nitrogen and oxygen atoms in total. The van der Waals surface area contributed by atoms with Crippen LogP contribution in [0.3, 0.4) is 0 Å². The lowest BCUT2D eigenvalue weighted by atomic mass is 9.89. The molecular formula is C12H16N2O2. The first-order valence-electron chi connectivity index (χ1n) is 5.98. The molecule has 3 atom stereocenters. The molecule has 3 unspecified atom stereocenters. The normalized spacial score (nSPS) is 32.1. The fourth-order valence-corrected chi connectivity index (χ4v) is 3.41. The number of carboxylic acid groups (broad SMARTS) is 1. The van der Waals surface area contributed by atoms with Crippen LogP contribution in [-0.2, 0) is 6.54 Å². The van der Waals surface area contributed by atoms with Crippen molar-refractivity contribution in [1.29, 1.82) is 0 Å². The molecule has 4 heteroatoms. The van der Waals surface area contributed by atoms with Gasteiger partial charge in [-0.05, 0) is 37.0 Å². The lowest BCUT2D eigenvalue weighted by molar-refractivity contribution is 0.0696. The zero-order chi connectivity index (χ0) is 11.1. The number of nitrogens with zero attached hydrogens (tertiary/aromatic N) is 2. The van der Waals surface area contributed by atoms with Crippen molar-refractivity contribution >= 4 is 5.97 Å². The first-order chi connectivity index (χ1) is 7.72. The summed E-state index contributed by atoms with van der Waals surface area (Å²) in [6, 6.07) is 0. The number of hydrogen-bond acceptors (Lipinski definition) is 2. The van der Waals surface area contributed by atoms with Crippen molar-refractivity contribution in [1.82, 2.24) is 9.78 Å². The number of fused-ring (bicyclic) bond motifs is 2. The summed E-state index contributed by atoms with van der Waals surface area (Å²) in [5.74, 6) is 1.63. The van der Waals surface area contributed by atoms with Gasteiger partial charge in [0.05, 0.1) is 11.8 Å². The first-order valence-corrected chi connectivity index (χ1v) is 5.98. The van der Waals surface area contributed by atoms with Crippen LogP contribution in [0.5, 0.6) is 0 Å². The molecule has 2 saturated carbocycles. The van der Waals surface area contributed by atoms with E-state index >= 15 is 0 Å². The van der Waals surface area contributed by atoms with E-state index in [4.69, 9.17) is 5.11 Å². The highest BCUT2D eigenvalue weighted by molar-refractivity contribution is 5.86. The van der Waals surface area contributed by atoms with Crippen molar-refractivity contribution in [3.63, 3.8) is 0 Å². The topological polar surface area (TPSA) is 55.1 Å². The minimum atomic E-state index is -0.890. The highest BCUT2D eigenvalue weighted by Gasteiger charge is 2.39. The zero-order valence-electron chi connectivity index (χ0n) is 9.17. The maximum absolute atomic E-state index is 10.7. The second-order valence-corrected chi connectivity index (χ2v) is 5.19. The standard InChI is InChI=1S/C12H16N2O2/c15-12(16)11-5-13-14(7-11)6-10-4-8-1-2-9(10)3-8/h5,7-10H,1-4,6H2,(H,15,16). The molecule has 0 amide bonds. The van der Waals surface area contributed by atoms with E-state index in [1.54, 1.807) is 10.9 Å².